The number of nitrogens with one attached hydrogen (secondary N) is 2. The van der Waals surface area contributed by atoms with Crippen molar-refractivity contribution in [1.29, 1.82) is 0 Å². The van der Waals surface area contributed by atoms with Gasteiger partial charge >= 0.3 is 12.0 Å². The van der Waals surface area contributed by atoms with Crippen LogP contribution in [-0.4, -0.2) is 73.1 Å². The van der Waals surface area contributed by atoms with Gasteiger partial charge in [-0.25, -0.2) is 9.59 Å². The number of ether oxygens (including phenoxy) is 1. The average Bonchev–Trinajstić information content (AvgIpc) is 3.22. The normalized spacial score (nSPS) is 20.6. The minimum atomic E-state index is -0.413. The Morgan fingerprint density at radius 1 is 1.25 bits per heavy atom. The van der Waals surface area contributed by atoms with E-state index >= 15 is 0 Å². The summed E-state index contributed by atoms with van der Waals surface area (Å²) in [7, 11) is 0. The molecular formula is C19H26N4O5. The molecule has 2 N–H and O–H groups in total. The number of carbonyl (C=O) groups excluding carboxylic acids is 3. The van der Waals surface area contributed by atoms with Crippen LogP contribution in [0.2, 0.25) is 0 Å². The zero-order valence-corrected chi connectivity index (χ0v) is 16.2. The fourth-order valence-corrected chi connectivity index (χ4v) is 3.48. The average molecular weight is 390 g/mol. The molecule has 2 aliphatic rings. The van der Waals surface area contributed by atoms with Crippen molar-refractivity contribution in [2.24, 2.45) is 0 Å². The highest BCUT2D eigenvalue weighted by Crippen LogP contribution is 2.19. The Kier molecular flexibility index (Phi) is 6.35. The summed E-state index contributed by atoms with van der Waals surface area (Å²) in [4.78, 5) is 40.7. The molecule has 152 valence electrons. The molecule has 3 heterocycles. The minimum absolute atomic E-state index is 0.128. The van der Waals surface area contributed by atoms with E-state index in [0.717, 1.165) is 0 Å². The fourth-order valence-electron chi connectivity index (χ4n) is 3.48. The van der Waals surface area contributed by atoms with Crippen LogP contribution in [0.3, 0.4) is 0 Å². The molecule has 0 aliphatic carbocycles. The SMILES string of the molecule is CCOC(=O)C1=C(CN2CCN(C(=O)c3ccco3)CC2)NC(=O)N[C@H]1CC. The van der Waals surface area contributed by atoms with Gasteiger partial charge in [0.2, 0.25) is 0 Å². The number of carbonyl (C=O) groups is 3. The number of rotatable bonds is 6. The summed E-state index contributed by atoms with van der Waals surface area (Å²) < 4.78 is 10.4. The molecule has 0 saturated carbocycles. The first kappa shape index (κ1) is 19.9. The molecule has 9 heteroatoms. The third kappa shape index (κ3) is 4.36. The molecule has 0 radical (unpaired) electrons. The zero-order chi connectivity index (χ0) is 20.1. The van der Waals surface area contributed by atoms with Gasteiger partial charge in [-0.2, -0.15) is 0 Å². The molecule has 2 aliphatic heterocycles. The molecule has 1 atom stereocenters. The van der Waals surface area contributed by atoms with E-state index in [4.69, 9.17) is 9.15 Å². The predicted octanol–water partition coefficient (Wildman–Crippen LogP) is 0.946. The third-order valence-electron chi connectivity index (χ3n) is 4.92. The van der Waals surface area contributed by atoms with Gasteiger partial charge in [-0.1, -0.05) is 6.92 Å². The van der Waals surface area contributed by atoms with Gasteiger partial charge in [0.25, 0.3) is 5.91 Å². The maximum atomic E-state index is 12.4. The molecule has 1 fully saturated rings. The summed E-state index contributed by atoms with van der Waals surface area (Å²) in [5.74, 6) is -0.210. The van der Waals surface area contributed by atoms with E-state index in [1.165, 1.54) is 6.26 Å². The molecule has 0 aromatic carbocycles. The highest BCUT2D eigenvalue weighted by molar-refractivity contribution is 5.95. The monoisotopic (exact) mass is 390 g/mol. The number of urea groups is 1. The van der Waals surface area contributed by atoms with Crippen LogP contribution in [0.5, 0.6) is 0 Å². The molecule has 9 nitrogen and oxygen atoms in total. The molecule has 3 amide bonds. The van der Waals surface area contributed by atoms with E-state index in [1.807, 2.05) is 6.92 Å². The van der Waals surface area contributed by atoms with Crippen LogP contribution in [0.15, 0.2) is 34.1 Å². The molecule has 0 spiro atoms. The van der Waals surface area contributed by atoms with Crippen molar-refractivity contribution in [1.82, 2.24) is 20.4 Å². The maximum absolute atomic E-state index is 12.4. The van der Waals surface area contributed by atoms with Crippen LogP contribution in [0.1, 0.15) is 30.8 Å². The molecule has 0 unspecified atom stereocenters. The van der Waals surface area contributed by atoms with Crippen LogP contribution in [0.4, 0.5) is 4.79 Å². The summed E-state index contributed by atoms with van der Waals surface area (Å²) in [6.45, 7) is 6.71. The van der Waals surface area contributed by atoms with Crippen LogP contribution in [0, 0.1) is 0 Å². The Labute approximate surface area is 163 Å². The van der Waals surface area contributed by atoms with Crippen molar-refractivity contribution < 1.29 is 23.5 Å². The van der Waals surface area contributed by atoms with Gasteiger partial charge in [-0.3, -0.25) is 9.69 Å². The second-order valence-electron chi connectivity index (χ2n) is 6.72. The maximum Gasteiger partial charge on any atom is 0.337 e. The Bertz CT molecular complexity index is 750. The van der Waals surface area contributed by atoms with Gasteiger partial charge in [-0.05, 0) is 25.5 Å². The summed E-state index contributed by atoms with van der Waals surface area (Å²) in [6, 6.07) is 2.66. The molecule has 3 rings (SSSR count). The van der Waals surface area contributed by atoms with Crippen LogP contribution in [0.25, 0.3) is 0 Å². The number of hydrogen-bond acceptors (Lipinski definition) is 6. The van der Waals surface area contributed by atoms with Crippen molar-refractivity contribution in [2.75, 3.05) is 39.3 Å². The lowest BCUT2D eigenvalue weighted by Gasteiger charge is -2.36. The number of esters is 1. The zero-order valence-electron chi connectivity index (χ0n) is 16.2. The Morgan fingerprint density at radius 2 is 2.00 bits per heavy atom. The second kappa shape index (κ2) is 8.92. The lowest BCUT2D eigenvalue weighted by Crippen LogP contribution is -2.54. The van der Waals surface area contributed by atoms with Gasteiger partial charge in [0.1, 0.15) is 0 Å². The lowest BCUT2D eigenvalue weighted by atomic mass is 10.00. The van der Waals surface area contributed by atoms with Crippen molar-refractivity contribution in [2.45, 2.75) is 26.3 Å². The van der Waals surface area contributed by atoms with Crippen LogP contribution < -0.4 is 10.6 Å². The minimum Gasteiger partial charge on any atom is -0.463 e. The topological polar surface area (TPSA) is 104 Å². The van der Waals surface area contributed by atoms with Gasteiger partial charge < -0.3 is 24.7 Å². The summed E-state index contributed by atoms with van der Waals surface area (Å²) >= 11 is 0. The van der Waals surface area contributed by atoms with Gasteiger partial charge in [0.15, 0.2) is 5.76 Å². The quantitative estimate of drug-likeness (QED) is 0.701. The smallest absolute Gasteiger partial charge is 0.337 e. The molecule has 1 aromatic rings. The van der Waals surface area contributed by atoms with E-state index in [-0.39, 0.29) is 24.6 Å². The highest BCUT2D eigenvalue weighted by Gasteiger charge is 2.33. The standard InChI is InChI=1S/C19H26N4O5/c1-3-13-16(18(25)27-4-2)14(21-19(26)20-13)12-22-7-9-23(10-8-22)17(24)15-6-5-11-28-15/h5-6,11,13H,3-4,7-10,12H2,1-2H3,(H2,20,21,26)/t13-/m0/s1. The number of amides is 3. The van der Waals surface area contributed by atoms with Gasteiger partial charge in [0, 0.05) is 38.4 Å². The highest BCUT2D eigenvalue weighted by atomic mass is 16.5. The van der Waals surface area contributed by atoms with Crippen molar-refractivity contribution in [3.63, 3.8) is 0 Å². The largest absolute Gasteiger partial charge is 0.463 e. The van der Waals surface area contributed by atoms with Crippen molar-refractivity contribution in [3.8, 4) is 0 Å². The third-order valence-corrected chi connectivity index (χ3v) is 4.92. The second-order valence-corrected chi connectivity index (χ2v) is 6.72. The van der Waals surface area contributed by atoms with Crippen LogP contribution in [-0.2, 0) is 9.53 Å². The predicted molar refractivity (Wildman–Crippen MR) is 100 cm³/mol. The number of nitrogens with zero attached hydrogens (tertiary/aromatic N) is 2. The Morgan fingerprint density at radius 3 is 2.61 bits per heavy atom. The first-order valence-electron chi connectivity index (χ1n) is 9.56. The fraction of sp³-hybridized carbons (Fsp3) is 0.526. The van der Waals surface area contributed by atoms with E-state index in [0.29, 0.717) is 56.2 Å². The van der Waals surface area contributed by atoms with Crippen molar-refractivity contribution in [3.05, 3.63) is 35.4 Å². The van der Waals surface area contributed by atoms with E-state index in [2.05, 4.69) is 15.5 Å². The Hall–Kier alpha value is -2.81. The van der Waals surface area contributed by atoms with Gasteiger partial charge in [-0.15, -0.1) is 0 Å². The molecule has 0 bridgehead atoms. The van der Waals surface area contributed by atoms with E-state index in [9.17, 15) is 14.4 Å². The number of furan rings is 1. The summed E-state index contributed by atoms with van der Waals surface area (Å²) in [5.41, 5.74) is 1.04. The molecule has 1 aromatic heterocycles. The Balaban J connectivity index is 1.68. The molecule has 1 saturated heterocycles. The first-order chi connectivity index (χ1) is 13.5. The van der Waals surface area contributed by atoms with E-state index in [1.54, 1.807) is 24.0 Å². The number of hydrogen-bond donors (Lipinski definition) is 2. The number of piperazine rings is 1. The summed E-state index contributed by atoms with van der Waals surface area (Å²) in [5, 5.41) is 5.53. The van der Waals surface area contributed by atoms with Gasteiger partial charge in [0.05, 0.1) is 24.5 Å². The molecule has 28 heavy (non-hydrogen) atoms. The summed E-state index contributed by atoms with van der Waals surface area (Å²) in [6.07, 6.45) is 2.08. The van der Waals surface area contributed by atoms with E-state index < -0.39 is 5.97 Å². The van der Waals surface area contributed by atoms with Crippen molar-refractivity contribution >= 4 is 17.9 Å². The lowest BCUT2D eigenvalue weighted by molar-refractivity contribution is -0.139. The molecular weight excluding hydrogens is 364 g/mol. The van der Waals surface area contributed by atoms with Crippen LogP contribution >= 0.6 is 0 Å². The first-order valence-corrected chi connectivity index (χ1v) is 9.56.